The lowest BCUT2D eigenvalue weighted by Gasteiger charge is -2.17. The van der Waals surface area contributed by atoms with Crippen LogP contribution in [0, 0.1) is 6.92 Å². The van der Waals surface area contributed by atoms with Crippen molar-refractivity contribution in [1.82, 2.24) is 24.7 Å². The van der Waals surface area contributed by atoms with Crippen LogP contribution in [0.2, 0.25) is 0 Å². The first-order valence-corrected chi connectivity index (χ1v) is 9.19. The average molecular weight is 461 g/mol. The van der Waals surface area contributed by atoms with Crippen molar-refractivity contribution >= 4 is 39.0 Å². The molecule has 27 heavy (non-hydrogen) atoms. The number of aryl methyl sites for hydroxylation is 1. The second-order valence-electron chi connectivity index (χ2n) is 5.59. The summed E-state index contributed by atoms with van der Waals surface area (Å²) in [6.45, 7) is 2.84. The van der Waals surface area contributed by atoms with Crippen molar-refractivity contribution in [3.63, 3.8) is 0 Å². The van der Waals surface area contributed by atoms with Crippen LogP contribution in [0.15, 0.2) is 28.4 Å². The van der Waals surface area contributed by atoms with Crippen molar-refractivity contribution in [1.29, 1.82) is 0 Å². The molecule has 0 aliphatic rings. The van der Waals surface area contributed by atoms with Crippen LogP contribution in [0.25, 0.3) is 10.8 Å². The van der Waals surface area contributed by atoms with Gasteiger partial charge in [-0.2, -0.15) is 13.2 Å². The van der Waals surface area contributed by atoms with Gasteiger partial charge < -0.3 is 5.32 Å². The van der Waals surface area contributed by atoms with Gasteiger partial charge in [0.2, 0.25) is 0 Å². The second-order valence-corrected chi connectivity index (χ2v) is 7.30. The highest BCUT2D eigenvalue weighted by atomic mass is 79.9. The molecule has 0 bridgehead atoms. The lowest BCUT2D eigenvalue weighted by Crippen LogP contribution is -2.23. The summed E-state index contributed by atoms with van der Waals surface area (Å²) in [4.78, 5) is 20.4. The predicted octanol–water partition coefficient (Wildman–Crippen LogP) is 4.24. The number of carbonyl (C=O) groups is 1. The van der Waals surface area contributed by atoms with Crippen LogP contribution < -0.4 is 5.32 Å². The van der Waals surface area contributed by atoms with Crippen LogP contribution >= 0.6 is 27.3 Å². The Kier molecular flexibility index (Phi) is 5.29. The van der Waals surface area contributed by atoms with Crippen molar-refractivity contribution in [3.05, 3.63) is 39.7 Å². The number of pyridine rings is 1. The van der Waals surface area contributed by atoms with Gasteiger partial charge in [-0.05, 0) is 25.5 Å². The van der Waals surface area contributed by atoms with E-state index < -0.39 is 18.1 Å². The maximum atomic E-state index is 13.0. The average Bonchev–Trinajstić information content (AvgIpc) is 3.24. The third-order valence-corrected chi connectivity index (χ3v) is 5.36. The number of thiazole rings is 1. The predicted molar refractivity (Wildman–Crippen MR) is 96.5 cm³/mol. The first kappa shape index (κ1) is 19.4. The van der Waals surface area contributed by atoms with Crippen LogP contribution in [0.4, 0.5) is 19.0 Å². The molecule has 7 nitrogen and oxygen atoms in total. The quantitative estimate of drug-likeness (QED) is 0.628. The lowest BCUT2D eigenvalue weighted by molar-refractivity contribution is -0.162. The number of hydrogen-bond donors (Lipinski definition) is 1. The first-order chi connectivity index (χ1) is 12.7. The molecule has 142 valence electrons. The van der Waals surface area contributed by atoms with Crippen LogP contribution in [0.5, 0.6) is 0 Å². The summed E-state index contributed by atoms with van der Waals surface area (Å²) in [5.74, 6) is -0.327. The highest BCUT2D eigenvalue weighted by Crippen LogP contribution is 2.34. The minimum atomic E-state index is -4.45. The van der Waals surface area contributed by atoms with Crippen LogP contribution in [0.1, 0.15) is 29.0 Å². The van der Waals surface area contributed by atoms with E-state index in [1.54, 1.807) is 12.3 Å². The van der Waals surface area contributed by atoms with E-state index in [1.807, 2.05) is 6.92 Å². The third-order valence-electron chi connectivity index (χ3n) is 3.67. The molecule has 0 aliphatic carbocycles. The van der Waals surface area contributed by atoms with E-state index in [9.17, 15) is 18.0 Å². The maximum Gasteiger partial charge on any atom is 0.408 e. The summed E-state index contributed by atoms with van der Waals surface area (Å²) in [6.07, 6.45) is -1.90. The lowest BCUT2D eigenvalue weighted by atomic mass is 10.2. The molecular formula is C15H12BrF3N6OS. The molecule has 0 fully saturated rings. The zero-order valence-corrected chi connectivity index (χ0v) is 16.4. The molecule has 1 atom stereocenters. The number of rotatable bonds is 4. The standard InChI is InChI=1S/C15H12BrF3N6OS/c1-7-4-20-10(3-9(7)16)13(26)22-11-5-27-14(23-11)12-24-21-6-25(12)8(2)15(17,18)19/h3-6,8H,1-2H3,(H,22,26)/t8-/m0/s1. The zero-order chi connectivity index (χ0) is 19.8. The van der Waals surface area contributed by atoms with Gasteiger partial charge in [-0.15, -0.1) is 21.5 Å². The largest absolute Gasteiger partial charge is 0.408 e. The SMILES string of the molecule is Cc1cnc(C(=O)Nc2csc(-c3nncn3[C@@H](C)C(F)(F)F)n2)cc1Br. The molecule has 0 radical (unpaired) electrons. The molecule has 1 N–H and O–H groups in total. The number of alkyl halides is 3. The number of hydrogen-bond acceptors (Lipinski definition) is 6. The number of nitrogens with one attached hydrogen (secondary N) is 1. The maximum absolute atomic E-state index is 13.0. The number of amides is 1. The molecule has 3 heterocycles. The van der Waals surface area contributed by atoms with E-state index in [0.29, 0.717) is 0 Å². The number of halogens is 4. The van der Waals surface area contributed by atoms with E-state index in [4.69, 9.17) is 0 Å². The number of anilines is 1. The van der Waals surface area contributed by atoms with Gasteiger partial charge in [0.25, 0.3) is 5.91 Å². The summed E-state index contributed by atoms with van der Waals surface area (Å²) in [7, 11) is 0. The molecule has 0 spiro atoms. The van der Waals surface area contributed by atoms with Gasteiger partial charge in [0.1, 0.15) is 23.9 Å². The molecule has 0 aliphatic heterocycles. The fourth-order valence-electron chi connectivity index (χ4n) is 2.07. The van der Waals surface area contributed by atoms with Crippen molar-refractivity contribution in [2.75, 3.05) is 5.32 Å². The van der Waals surface area contributed by atoms with Crippen LogP contribution in [-0.4, -0.2) is 36.8 Å². The monoisotopic (exact) mass is 460 g/mol. The smallest absolute Gasteiger partial charge is 0.304 e. The molecule has 0 aromatic carbocycles. The Morgan fingerprint density at radius 1 is 1.41 bits per heavy atom. The fraction of sp³-hybridized carbons (Fsp3) is 0.267. The van der Waals surface area contributed by atoms with Gasteiger partial charge in [-0.3, -0.25) is 14.3 Å². The molecule has 0 saturated heterocycles. The minimum absolute atomic E-state index is 0.0264. The molecular weight excluding hydrogens is 449 g/mol. The second kappa shape index (κ2) is 7.35. The Hall–Kier alpha value is -2.34. The van der Waals surface area contributed by atoms with Gasteiger partial charge in [0.15, 0.2) is 10.8 Å². The normalized spacial score (nSPS) is 12.8. The van der Waals surface area contributed by atoms with Crippen LogP contribution in [-0.2, 0) is 0 Å². The number of carbonyl (C=O) groups excluding carboxylic acids is 1. The van der Waals surface area contributed by atoms with Gasteiger partial charge >= 0.3 is 6.18 Å². The van der Waals surface area contributed by atoms with Gasteiger partial charge in [-0.1, -0.05) is 15.9 Å². The molecule has 1 amide bonds. The van der Waals surface area contributed by atoms with Crippen molar-refractivity contribution in [2.24, 2.45) is 0 Å². The van der Waals surface area contributed by atoms with E-state index >= 15 is 0 Å². The van der Waals surface area contributed by atoms with Gasteiger partial charge in [0, 0.05) is 16.0 Å². The topological polar surface area (TPSA) is 85.6 Å². The van der Waals surface area contributed by atoms with E-state index in [-0.39, 0.29) is 22.3 Å². The van der Waals surface area contributed by atoms with E-state index in [0.717, 1.165) is 39.2 Å². The Labute approximate surface area is 163 Å². The minimum Gasteiger partial charge on any atom is -0.304 e. The Morgan fingerprint density at radius 2 is 2.15 bits per heavy atom. The van der Waals surface area contributed by atoms with E-state index in [2.05, 4.69) is 41.4 Å². The molecule has 3 aromatic rings. The molecule has 0 saturated carbocycles. The number of aromatic nitrogens is 5. The highest BCUT2D eigenvalue weighted by molar-refractivity contribution is 9.10. The summed E-state index contributed by atoms with van der Waals surface area (Å²) in [5.41, 5.74) is 1.05. The zero-order valence-electron chi connectivity index (χ0n) is 14.0. The summed E-state index contributed by atoms with van der Waals surface area (Å²) < 4.78 is 40.5. The Balaban J connectivity index is 1.81. The van der Waals surface area contributed by atoms with Gasteiger partial charge in [-0.25, -0.2) is 4.98 Å². The van der Waals surface area contributed by atoms with Crippen molar-refractivity contribution in [3.8, 4) is 10.8 Å². The Morgan fingerprint density at radius 3 is 2.81 bits per heavy atom. The van der Waals surface area contributed by atoms with Crippen molar-refractivity contribution < 1.29 is 18.0 Å². The molecule has 3 aromatic heterocycles. The highest BCUT2D eigenvalue weighted by Gasteiger charge is 2.39. The van der Waals surface area contributed by atoms with Crippen LogP contribution in [0.3, 0.4) is 0 Å². The Bertz CT molecular complexity index is 986. The molecule has 3 rings (SSSR count). The number of nitrogens with zero attached hydrogens (tertiary/aromatic N) is 5. The first-order valence-electron chi connectivity index (χ1n) is 7.52. The van der Waals surface area contributed by atoms with Gasteiger partial charge in [0.05, 0.1) is 0 Å². The fourth-order valence-corrected chi connectivity index (χ4v) is 3.13. The molecule has 12 heteroatoms. The summed E-state index contributed by atoms with van der Waals surface area (Å²) in [5, 5.41) is 11.5. The van der Waals surface area contributed by atoms with E-state index in [1.165, 1.54) is 5.38 Å². The third kappa shape index (κ3) is 4.16. The summed E-state index contributed by atoms with van der Waals surface area (Å²) >= 11 is 4.37. The molecule has 0 unspecified atom stereocenters. The summed E-state index contributed by atoms with van der Waals surface area (Å²) in [6, 6.07) is -0.238. The van der Waals surface area contributed by atoms with Crippen molar-refractivity contribution in [2.45, 2.75) is 26.1 Å².